The van der Waals surface area contributed by atoms with E-state index in [4.69, 9.17) is 14.0 Å². The van der Waals surface area contributed by atoms with Gasteiger partial charge in [0.15, 0.2) is 0 Å². The maximum absolute atomic E-state index is 6.01. The number of hydrogen-bond acceptors (Lipinski definition) is 4. The largest absolute Gasteiger partial charge is 0.496 e. The molecule has 1 aliphatic heterocycles. The zero-order chi connectivity index (χ0) is 15.7. The van der Waals surface area contributed by atoms with Crippen molar-refractivity contribution in [3.63, 3.8) is 0 Å². The first-order valence-electron chi connectivity index (χ1n) is 7.77. The maximum atomic E-state index is 6.01. The number of ether oxygens (including phenoxy) is 1. The van der Waals surface area contributed by atoms with E-state index >= 15 is 0 Å². The minimum Gasteiger partial charge on any atom is -0.474 e. The van der Waals surface area contributed by atoms with Crippen molar-refractivity contribution >= 4 is 12.6 Å². The van der Waals surface area contributed by atoms with Crippen molar-refractivity contribution in [3.05, 3.63) is 18.3 Å². The highest BCUT2D eigenvalue weighted by Crippen LogP contribution is 2.36. The van der Waals surface area contributed by atoms with Crippen LogP contribution in [0.4, 0.5) is 0 Å². The molecular formula is C16H26BNO3. The van der Waals surface area contributed by atoms with Crippen LogP contribution in [0.3, 0.4) is 0 Å². The van der Waals surface area contributed by atoms with Gasteiger partial charge in [0.05, 0.1) is 17.3 Å². The van der Waals surface area contributed by atoms with Gasteiger partial charge in [-0.2, -0.15) is 0 Å². The number of rotatable bonds is 5. The van der Waals surface area contributed by atoms with E-state index in [9.17, 15) is 0 Å². The van der Waals surface area contributed by atoms with Crippen molar-refractivity contribution in [2.75, 3.05) is 0 Å². The molecule has 0 amide bonds. The molecular weight excluding hydrogens is 265 g/mol. The molecule has 1 fully saturated rings. The summed E-state index contributed by atoms with van der Waals surface area (Å²) in [5.41, 5.74) is 0.260. The van der Waals surface area contributed by atoms with E-state index in [1.54, 1.807) is 6.20 Å². The van der Waals surface area contributed by atoms with Crippen molar-refractivity contribution in [3.8, 4) is 5.88 Å². The van der Waals surface area contributed by atoms with Gasteiger partial charge in [0, 0.05) is 11.7 Å². The Morgan fingerprint density at radius 3 is 2.10 bits per heavy atom. The molecule has 2 rings (SSSR count). The number of pyridine rings is 1. The molecule has 0 spiro atoms. The zero-order valence-electron chi connectivity index (χ0n) is 14.0. The van der Waals surface area contributed by atoms with Gasteiger partial charge in [-0.3, -0.25) is 0 Å². The van der Waals surface area contributed by atoms with Gasteiger partial charge in [-0.25, -0.2) is 4.98 Å². The van der Waals surface area contributed by atoms with Gasteiger partial charge < -0.3 is 14.0 Å². The Bertz CT molecular complexity index is 453. The molecule has 4 nitrogen and oxygen atoms in total. The third-order valence-electron chi connectivity index (χ3n) is 4.48. The average Bonchev–Trinajstić information content (AvgIpc) is 2.65. The minimum atomic E-state index is -0.371. The summed E-state index contributed by atoms with van der Waals surface area (Å²) in [6.07, 6.45) is 3.97. The minimum absolute atomic E-state index is 0.222. The lowest BCUT2D eigenvalue weighted by molar-refractivity contribution is 0.00578. The Morgan fingerprint density at radius 1 is 1.10 bits per heavy atom. The highest BCUT2D eigenvalue weighted by Gasteiger charge is 2.51. The lowest BCUT2D eigenvalue weighted by Crippen LogP contribution is -2.41. The first-order chi connectivity index (χ1) is 9.79. The molecule has 1 aliphatic rings. The molecule has 1 aromatic heterocycles. The lowest BCUT2D eigenvalue weighted by atomic mass is 9.80. The number of hydrogen-bond donors (Lipinski definition) is 0. The fraction of sp³-hybridized carbons (Fsp3) is 0.688. The van der Waals surface area contributed by atoms with E-state index in [1.165, 1.54) is 0 Å². The Labute approximate surface area is 128 Å². The maximum Gasteiger partial charge on any atom is 0.496 e. The molecule has 0 aromatic carbocycles. The van der Waals surface area contributed by atoms with Crippen LogP contribution >= 0.6 is 0 Å². The van der Waals surface area contributed by atoms with Crippen molar-refractivity contribution in [1.82, 2.24) is 4.98 Å². The second-order valence-corrected chi connectivity index (χ2v) is 6.57. The van der Waals surface area contributed by atoms with Crippen LogP contribution < -0.4 is 10.2 Å². The summed E-state index contributed by atoms with van der Waals surface area (Å²) in [4.78, 5) is 4.37. The zero-order valence-corrected chi connectivity index (χ0v) is 14.0. The fourth-order valence-corrected chi connectivity index (χ4v) is 2.21. The number of nitrogens with zero attached hydrogens (tertiary/aromatic N) is 1. The topological polar surface area (TPSA) is 40.6 Å². The van der Waals surface area contributed by atoms with E-state index in [1.807, 2.05) is 39.8 Å². The first kappa shape index (κ1) is 16.3. The van der Waals surface area contributed by atoms with Gasteiger partial charge in [0.1, 0.15) is 0 Å². The predicted octanol–water partition coefficient (Wildman–Crippen LogP) is 2.95. The van der Waals surface area contributed by atoms with E-state index in [2.05, 4.69) is 18.8 Å². The van der Waals surface area contributed by atoms with E-state index in [0.717, 1.165) is 18.3 Å². The van der Waals surface area contributed by atoms with Gasteiger partial charge >= 0.3 is 7.12 Å². The van der Waals surface area contributed by atoms with Gasteiger partial charge in [-0.15, -0.1) is 0 Å². The summed E-state index contributed by atoms with van der Waals surface area (Å²) >= 11 is 0. The Morgan fingerprint density at radius 2 is 1.67 bits per heavy atom. The molecule has 0 N–H and O–H groups in total. The third-order valence-corrected chi connectivity index (χ3v) is 4.48. The van der Waals surface area contributed by atoms with Crippen LogP contribution in [0.5, 0.6) is 5.88 Å². The Hall–Kier alpha value is -1.07. The van der Waals surface area contributed by atoms with Crippen molar-refractivity contribution in [2.24, 2.45) is 0 Å². The van der Waals surface area contributed by atoms with Crippen LogP contribution in [0.15, 0.2) is 18.3 Å². The summed E-state index contributed by atoms with van der Waals surface area (Å²) in [6, 6.07) is 3.85. The van der Waals surface area contributed by atoms with E-state index in [-0.39, 0.29) is 24.4 Å². The Kier molecular flexibility index (Phi) is 4.64. The lowest BCUT2D eigenvalue weighted by Gasteiger charge is -2.32. The van der Waals surface area contributed by atoms with Crippen LogP contribution in [0.1, 0.15) is 54.4 Å². The molecule has 0 bridgehead atoms. The van der Waals surface area contributed by atoms with Crippen LogP contribution in [0, 0.1) is 0 Å². The highest BCUT2D eigenvalue weighted by atomic mass is 16.7. The molecule has 0 radical (unpaired) electrons. The molecule has 0 atom stereocenters. The summed E-state index contributed by atoms with van der Waals surface area (Å²) < 4.78 is 17.8. The third kappa shape index (κ3) is 3.41. The normalized spacial score (nSPS) is 20.0. The summed E-state index contributed by atoms with van der Waals surface area (Å²) in [5.74, 6) is 0.656. The smallest absolute Gasteiger partial charge is 0.474 e. The SMILES string of the molecule is CCC(CC)Oc1ccc(B2OC(C)(C)C(C)(C)O2)cn1. The van der Waals surface area contributed by atoms with Gasteiger partial charge in [0.25, 0.3) is 0 Å². The van der Waals surface area contributed by atoms with E-state index < -0.39 is 0 Å². The molecule has 0 aliphatic carbocycles. The van der Waals surface area contributed by atoms with Crippen molar-refractivity contribution in [2.45, 2.75) is 71.7 Å². The average molecular weight is 291 g/mol. The monoisotopic (exact) mass is 291 g/mol. The highest BCUT2D eigenvalue weighted by molar-refractivity contribution is 6.62. The van der Waals surface area contributed by atoms with Crippen LogP contribution in [0.25, 0.3) is 0 Å². The molecule has 0 unspecified atom stereocenters. The predicted molar refractivity (Wildman–Crippen MR) is 85.0 cm³/mol. The number of aromatic nitrogens is 1. The van der Waals surface area contributed by atoms with Crippen LogP contribution in [-0.4, -0.2) is 29.4 Å². The Balaban J connectivity index is 2.07. The van der Waals surface area contributed by atoms with Crippen molar-refractivity contribution < 1.29 is 14.0 Å². The molecule has 21 heavy (non-hydrogen) atoms. The summed E-state index contributed by atoms with van der Waals surface area (Å²) in [6.45, 7) is 12.4. The van der Waals surface area contributed by atoms with Crippen LogP contribution in [-0.2, 0) is 9.31 Å². The molecule has 116 valence electrons. The second-order valence-electron chi connectivity index (χ2n) is 6.57. The summed E-state index contributed by atoms with van der Waals surface area (Å²) in [7, 11) is -0.371. The quantitative estimate of drug-likeness (QED) is 0.782. The van der Waals surface area contributed by atoms with Crippen molar-refractivity contribution in [1.29, 1.82) is 0 Å². The molecule has 5 heteroatoms. The standard InChI is InChI=1S/C16H26BNO3/c1-7-13(8-2)19-14-10-9-12(11-18-14)17-20-15(3,4)16(5,6)21-17/h9-11,13H,7-8H2,1-6H3. The molecule has 1 aromatic rings. The van der Waals surface area contributed by atoms with Gasteiger partial charge in [-0.05, 0) is 46.6 Å². The molecule has 1 saturated heterocycles. The molecule has 2 heterocycles. The van der Waals surface area contributed by atoms with Gasteiger partial charge in [-0.1, -0.05) is 19.9 Å². The molecule has 0 saturated carbocycles. The van der Waals surface area contributed by atoms with E-state index in [0.29, 0.717) is 5.88 Å². The van der Waals surface area contributed by atoms with Gasteiger partial charge in [0.2, 0.25) is 5.88 Å². The first-order valence-corrected chi connectivity index (χ1v) is 7.77. The summed E-state index contributed by atoms with van der Waals surface area (Å²) in [5, 5.41) is 0. The van der Waals surface area contributed by atoms with Crippen LogP contribution in [0.2, 0.25) is 0 Å². The fourth-order valence-electron chi connectivity index (χ4n) is 2.21. The second kappa shape index (κ2) is 5.97.